The van der Waals surface area contributed by atoms with Gasteiger partial charge in [0.2, 0.25) is 0 Å². The van der Waals surface area contributed by atoms with Crippen molar-refractivity contribution in [3.63, 3.8) is 0 Å². The third-order valence-corrected chi connectivity index (χ3v) is 8.20. The maximum Gasteiger partial charge on any atom is 0.0522 e. The van der Waals surface area contributed by atoms with Gasteiger partial charge in [-0.05, 0) is 88.2 Å². The number of allylic oxidation sites excluding steroid dienone is 2. The summed E-state index contributed by atoms with van der Waals surface area (Å²) in [6.45, 7) is 4.44. The lowest BCUT2D eigenvalue weighted by molar-refractivity contribution is 1.10. The van der Waals surface area contributed by atoms with Crippen LogP contribution in [0.4, 0.5) is 17.1 Å². The number of aryl methyl sites for hydroxylation is 2. The fraction of sp³-hybridized carbons (Fsp3) is 0.0667. The number of para-hydroxylation sites is 1. The van der Waals surface area contributed by atoms with E-state index in [1.807, 2.05) is 6.07 Å². The topological polar surface area (TPSA) is 3.24 Å². The Bertz CT molecular complexity index is 1890. The Hall–Kier alpha value is -5.66. The van der Waals surface area contributed by atoms with Crippen molar-refractivity contribution in [1.29, 1.82) is 0 Å². The van der Waals surface area contributed by atoms with Gasteiger partial charge in [-0.25, -0.2) is 0 Å². The van der Waals surface area contributed by atoms with Crippen molar-refractivity contribution in [2.75, 3.05) is 4.90 Å². The van der Waals surface area contributed by atoms with Crippen molar-refractivity contribution in [2.45, 2.75) is 20.3 Å². The minimum Gasteiger partial charge on any atom is -0.310 e. The molecule has 0 aromatic heterocycles. The molecule has 1 nitrogen and oxygen atoms in total. The van der Waals surface area contributed by atoms with Gasteiger partial charge in [-0.1, -0.05) is 165 Å². The fourth-order valence-electron chi connectivity index (χ4n) is 5.82. The Balaban J connectivity index is 1.34. The second kappa shape index (κ2) is 14.9. The largest absolute Gasteiger partial charge is 0.310 e. The lowest BCUT2D eigenvalue weighted by Crippen LogP contribution is -2.13. The Morgan fingerprint density at radius 2 is 0.978 bits per heavy atom. The van der Waals surface area contributed by atoms with E-state index in [4.69, 9.17) is 0 Å². The van der Waals surface area contributed by atoms with E-state index in [0.29, 0.717) is 0 Å². The first-order valence-electron chi connectivity index (χ1n) is 16.0. The Kier molecular flexibility index (Phi) is 9.82. The van der Waals surface area contributed by atoms with Crippen LogP contribution in [0.2, 0.25) is 0 Å². The standard InChI is InChI=1S/C45H39N/c1-3-39-25-15-16-35(2)45(39)46(42-30-26-37(27-31-42)20-14-13-19-36-17-7-4-8-18-36)43-32-28-38(29-33-43)34-44(40-21-9-5-10-22-40)41-23-11-6-12-24-41/h4-34H,3H2,1-2H3. The molecule has 6 aromatic rings. The molecule has 0 aliphatic heterocycles. The summed E-state index contributed by atoms with van der Waals surface area (Å²) in [6.07, 6.45) is 11.7. The SMILES string of the molecule is CCc1cccc(C)c1N(c1ccc(C=CC=Cc2ccccc2)cc1)c1ccc(C=C(c2ccccc2)c2ccccc2)cc1. The molecule has 0 saturated carbocycles. The third kappa shape index (κ3) is 7.34. The Morgan fingerprint density at radius 3 is 1.50 bits per heavy atom. The van der Waals surface area contributed by atoms with Crippen molar-refractivity contribution >= 4 is 40.9 Å². The molecule has 0 heterocycles. The summed E-state index contributed by atoms with van der Waals surface area (Å²) in [4.78, 5) is 2.40. The molecule has 0 radical (unpaired) electrons. The van der Waals surface area contributed by atoms with Gasteiger partial charge in [-0.3, -0.25) is 0 Å². The van der Waals surface area contributed by atoms with Crippen molar-refractivity contribution < 1.29 is 0 Å². The highest BCUT2D eigenvalue weighted by molar-refractivity contribution is 5.92. The average Bonchev–Trinajstić information content (AvgIpc) is 3.12. The molecule has 0 unspecified atom stereocenters. The van der Waals surface area contributed by atoms with Gasteiger partial charge >= 0.3 is 0 Å². The van der Waals surface area contributed by atoms with Crippen molar-refractivity contribution in [1.82, 2.24) is 0 Å². The van der Waals surface area contributed by atoms with Gasteiger partial charge in [-0.2, -0.15) is 0 Å². The molecule has 6 rings (SSSR count). The molecule has 0 amide bonds. The molecule has 6 aromatic carbocycles. The van der Waals surface area contributed by atoms with Crippen LogP contribution in [-0.2, 0) is 6.42 Å². The maximum absolute atomic E-state index is 2.40. The molecule has 1 heteroatoms. The summed E-state index contributed by atoms with van der Waals surface area (Å²) < 4.78 is 0. The normalized spacial score (nSPS) is 11.2. The van der Waals surface area contributed by atoms with E-state index in [2.05, 4.69) is 201 Å². The minimum absolute atomic E-state index is 0.959. The molecule has 0 spiro atoms. The van der Waals surface area contributed by atoms with E-state index in [1.54, 1.807) is 0 Å². The van der Waals surface area contributed by atoms with E-state index in [-0.39, 0.29) is 0 Å². The van der Waals surface area contributed by atoms with E-state index in [1.165, 1.54) is 39.1 Å². The Labute approximate surface area is 274 Å². The molecule has 0 aliphatic carbocycles. The lowest BCUT2D eigenvalue weighted by Gasteiger charge is -2.29. The van der Waals surface area contributed by atoms with E-state index >= 15 is 0 Å². The van der Waals surface area contributed by atoms with E-state index in [0.717, 1.165) is 28.9 Å². The third-order valence-electron chi connectivity index (χ3n) is 8.20. The zero-order valence-electron chi connectivity index (χ0n) is 26.6. The number of rotatable bonds is 10. The first-order valence-corrected chi connectivity index (χ1v) is 16.0. The molecule has 46 heavy (non-hydrogen) atoms. The summed E-state index contributed by atoms with van der Waals surface area (Å²) >= 11 is 0. The highest BCUT2D eigenvalue weighted by atomic mass is 15.1. The molecule has 0 N–H and O–H groups in total. The van der Waals surface area contributed by atoms with Crippen LogP contribution in [0.1, 0.15) is 45.9 Å². The van der Waals surface area contributed by atoms with Gasteiger partial charge < -0.3 is 4.90 Å². The highest BCUT2D eigenvalue weighted by Gasteiger charge is 2.17. The van der Waals surface area contributed by atoms with Crippen LogP contribution >= 0.6 is 0 Å². The number of hydrogen-bond donors (Lipinski definition) is 0. The van der Waals surface area contributed by atoms with Crippen LogP contribution in [0.3, 0.4) is 0 Å². The Morgan fingerprint density at radius 1 is 0.500 bits per heavy atom. The number of benzene rings is 6. The first-order chi connectivity index (χ1) is 22.7. The predicted octanol–water partition coefficient (Wildman–Crippen LogP) is 12.3. The zero-order valence-corrected chi connectivity index (χ0v) is 26.6. The van der Waals surface area contributed by atoms with Crippen molar-refractivity contribution in [3.8, 4) is 0 Å². The molecule has 0 fully saturated rings. The average molecular weight is 594 g/mol. The van der Waals surface area contributed by atoms with Gasteiger partial charge in [0.05, 0.1) is 5.69 Å². The molecule has 0 aliphatic rings. The van der Waals surface area contributed by atoms with Gasteiger partial charge in [0.1, 0.15) is 0 Å². The molecule has 224 valence electrons. The molecular formula is C45H39N. The number of hydrogen-bond acceptors (Lipinski definition) is 1. The van der Waals surface area contributed by atoms with Gasteiger partial charge in [-0.15, -0.1) is 0 Å². The predicted molar refractivity (Wildman–Crippen MR) is 200 cm³/mol. The van der Waals surface area contributed by atoms with Crippen LogP contribution < -0.4 is 4.90 Å². The van der Waals surface area contributed by atoms with Gasteiger partial charge in [0.15, 0.2) is 0 Å². The second-order valence-electron chi connectivity index (χ2n) is 11.4. The molecule has 0 atom stereocenters. The monoisotopic (exact) mass is 593 g/mol. The number of anilines is 3. The summed E-state index contributed by atoms with van der Waals surface area (Å²) in [7, 11) is 0. The van der Waals surface area contributed by atoms with E-state index < -0.39 is 0 Å². The van der Waals surface area contributed by atoms with Crippen LogP contribution in [0.15, 0.2) is 170 Å². The first kappa shape index (κ1) is 30.4. The summed E-state index contributed by atoms with van der Waals surface area (Å²) in [5, 5.41) is 0. The van der Waals surface area contributed by atoms with Crippen LogP contribution in [0, 0.1) is 6.92 Å². The fourth-order valence-corrected chi connectivity index (χ4v) is 5.82. The minimum atomic E-state index is 0.959. The summed E-state index contributed by atoms with van der Waals surface area (Å²) in [5.41, 5.74) is 13.2. The van der Waals surface area contributed by atoms with Gasteiger partial charge in [0.25, 0.3) is 0 Å². The zero-order chi connectivity index (χ0) is 31.6. The van der Waals surface area contributed by atoms with Crippen molar-refractivity contribution in [2.24, 2.45) is 0 Å². The molecule has 0 bridgehead atoms. The molecule has 0 saturated heterocycles. The smallest absolute Gasteiger partial charge is 0.0522 e. The maximum atomic E-state index is 2.40. The van der Waals surface area contributed by atoms with Gasteiger partial charge in [0, 0.05) is 11.4 Å². The van der Waals surface area contributed by atoms with Crippen LogP contribution in [0.25, 0.3) is 23.8 Å². The van der Waals surface area contributed by atoms with E-state index in [9.17, 15) is 0 Å². The number of nitrogens with zero attached hydrogens (tertiary/aromatic N) is 1. The highest BCUT2D eigenvalue weighted by Crippen LogP contribution is 2.39. The second-order valence-corrected chi connectivity index (χ2v) is 11.4. The summed E-state index contributed by atoms with van der Waals surface area (Å²) in [6, 6.07) is 56.0. The van der Waals surface area contributed by atoms with Crippen molar-refractivity contribution in [3.05, 3.63) is 209 Å². The molecular weight excluding hydrogens is 555 g/mol. The quantitative estimate of drug-likeness (QED) is 0.113. The lowest BCUT2D eigenvalue weighted by atomic mass is 9.95. The van der Waals surface area contributed by atoms with Crippen LogP contribution in [-0.4, -0.2) is 0 Å². The van der Waals surface area contributed by atoms with Crippen LogP contribution in [0.5, 0.6) is 0 Å². The summed E-state index contributed by atoms with van der Waals surface area (Å²) in [5.74, 6) is 0.